The van der Waals surface area contributed by atoms with E-state index in [0.717, 1.165) is 12.1 Å². The topological polar surface area (TPSA) is 62.2 Å². The first-order valence-electron chi connectivity index (χ1n) is 8.75. The number of aliphatic hydroxyl groups excluding tert-OH is 1. The van der Waals surface area contributed by atoms with E-state index in [1.165, 1.54) is 11.0 Å². The minimum Gasteiger partial charge on any atom is -0.444 e. The van der Waals surface area contributed by atoms with E-state index in [9.17, 15) is 27.5 Å². The zero-order valence-corrected chi connectivity index (χ0v) is 15.9. The molecule has 2 rings (SSSR count). The third-order valence-electron chi connectivity index (χ3n) is 4.07. The van der Waals surface area contributed by atoms with Crippen molar-refractivity contribution in [2.24, 2.45) is 0 Å². The number of piperazine rings is 1. The van der Waals surface area contributed by atoms with Crippen LogP contribution in [-0.4, -0.2) is 65.2 Å². The number of benzene rings is 1. The van der Waals surface area contributed by atoms with Gasteiger partial charge in [0.1, 0.15) is 5.60 Å². The van der Waals surface area contributed by atoms with E-state index in [4.69, 9.17) is 4.74 Å². The number of alkyl halides is 3. The SMILES string of the molecule is CC(C)(C)OC(=O)N1CCN(Cc2ccc(OC(F)(F)F)c(F)c2)C(CO)C1. The van der Waals surface area contributed by atoms with Crippen molar-refractivity contribution < 1.29 is 36.9 Å². The molecule has 0 saturated carbocycles. The van der Waals surface area contributed by atoms with Gasteiger partial charge in [0.25, 0.3) is 0 Å². The van der Waals surface area contributed by atoms with Gasteiger partial charge in [-0.1, -0.05) is 6.07 Å². The Morgan fingerprint density at radius 2 is 1.93 bits per heavy atom. The number of carbonyl (C=O) groups excluding carboxylic acids is 1. The molecule has 1 unspecified atom stereocenters. The molecular formula is C18H24F4N2O4. The predicted molar refractivity (Wildman–Crippen MR) is 92.2 cm³/mol. The van der Waals surface area contributed by atoms with Crippen molar-refractivity contribution in [1.29, 1.82) is 0 Å². The number of rotatable bonds is 4. The third kappa shape index (κ3) is 6.52. The number of hydrogen-bond donors (Lipinski definition) is 1. The highest BCUT2D eigenvalue weighted by Crippen LogP contribution is 2.27. The Morgan fingerprint density at radius 1 is 1.25 bits per heavy atom. The van der Waals surface area contributed by atoms with Crippen LogP contribution in [0.2, 0.25) is 0 Å². The second-order valence-corrected chi connectivity index (χ2v) is 7.55. The maximum atomic E-state index is 13.9. The lowest BCUT2D eigenvalue weighted by molar-refractivity contribution is -0.275. The Hall–Kier alpha value is -2.07. The van der Waals surface area contributed by atoms with Gasteiger partial charge < -0.3 is 19.5 Å². The second-order valence-electron chi connectivity index (χ2n) is 7.55. The maximum Gasteiger partial charge on any atom is 0.573 e. The van der Waals surface area contributed by atoms with Crippen LogP contribution in [0.25, 0.3) is 0 Å². The van der Waals surface area contributed by atoms with Crippen molar-refractivity contribution in [2.45, 2.75) is 45.3 Å². The molecule has 1 heterocycles. The van der Waals surface area contributed by atoms with Gasteiger partial charge in [-0.25, -0.2) is 9.18 Å². The monoisotopic (exact) mass is 408 g/mol. The van der Waals surface area contributed by atoms with Crippen molar-refractivity contribution in [2.75, 3.05) is 26.2 Å². The molecule has 0 aromatic heterocycles. The molecule has 1 aliphatic rings. The zero-order valence-electron chi connectivity index (χ0n) is 15.9. The summed E-state index contributed by atoms with van der Waals surface area (Å²) >= 11 is 0. The van der Waals surface area contributed by atoms with Crippen molar-refractivity contribution >= 4 is 6.09 Å². The van der Waals surface area contributed by atoms with Gasteiger partial charge in [0, 0.05) is 26.2 Å². The summed E-state index contributed by atoms with van der Waals surface area (Å²) in [5, 5.41) is 9.66. The van der Waals surface area contributed by atoms with E-state index in [2.05, 4.69) is 4.74 Å². The van der Waals surface area contributed by atoms with Crippen molar-refractivity contribution in [1.82, 2.24) is 9.80 Å². The van der Waals surface area contributed by atoms with E-state index in [1.807, 2.05) is 4.90 Å². The molecule has 0 bridgehead atoms. The molecule has 1 aliphatic heterocycles. The summed E-state index contributed by atoms with van der Waals surface area (Å²) in [6.45, 7) is 6.20. The van der Waals surface area contributed by atoms with Crippen LogP contribution in [0.3, 0.4) is 0 Å². The van der Waals surface area contributed by atoms with Crippen molar-refractivity contribution in [3.05, 3.63) is 29.6 Å². The van der Waals surface area contributed by atoms with Gasteiger partial charge in [0.05, 0.1) is 12.6 Å². The Balaban J connectivity index is 2.01. The molecule has 6 nitrogen and oxygen atoms in total. The first kappa shape index (κ1) is 22.2. The molecule has 1 atom stereocenters. The summed E-state index contributed by atoms with van der Waals surface area (Å²) in [5.74, 6) is -2.02. The number of aliphatic hydroxyl groups is 1. The Morgan fingerprint density at radius 3 is 2.46 bits per heavy atom. The first-order chi connectivity index (χ1) is 12.9. The molecular weight excluding hydrogens is 384 g/mol. The minimum atomic E-state index is -4.97. The highest BCUT2D eigenvalue weighted by molar-refractivity contribution is 5.68. The number of hydrogen-bond acceptors (Lipinski definition) is 5. The molecule has 0 radical (unpaired) electrons. The lowest BCUT2D eigenvalue weighted by atomic mass is 10.1. The van der Waals surface area contributed by atoms with Crippen LogP contribution in [0, 0.1) is 5.82 Å². The highest BCUT2D eigenvalue weighted by atomic mass is 19.4. The second kappa shape index (κ2) is 8.52. The van der Waals surface area contributed by atoms with E-state index in [1.54, 1.807) is 20.8 Å². The summed E-state index contributed by atoms with van der Waals surface area (Å²) in [6.07, 6.45) is -5.45. The molecule has 158 valence electrons. The van der Waals surface area contributed by atoms with Gasteiger partial charge in [-0.2, -0.15) is 0 Å². The zero-order chi connectivity index (χ0) is 21.1. The average Bonchev–Trinajstić information content (AvgIpc) is 2.55. The van der Waals surface area contributed by atoms with Crippen LogP contribution >= 0.6 is 0 Å². The van der Waals surface area contributed by atoms with E-state index < -0.39 is 35.7 Å². The van der Waals surface area contributed by atoms with Crippen molar-refractivity contribution in [3.8, 4) is 5.75 Å². The number of ether oxygens (including phenoxy) is 2. The summed E-state index contributed by atoms with van der Waals surface area (Å²) in [6, 6.07) is 2.81. The van der Waals surface area contributed by atoms with Crippen LogP contribution in [0.15, 0.2) is 18.2 Å². The first-order valence-corrected chi connectivity index (χ1v) is 8.75. The lowest BCUT2D eigenvalue weighted by Crippen LogP contribution is -2.56. The molecule has 1 N–H and O–H groups in total. The summed E-state index contributed by atoms with van der Waals surface area (Å²) in [7, 11) is 0. The molecule has 28 heavy (non-hydrogen) atoms. The fraction of sp³-hybridized carbons (Fsp3) is 0.611. The van der Waals surface area contributed by atoms with Gasteiger partial charge in [-0.15, -0.1) is 13.2 Å². The molecule has 10 heteroatoms. The smallest absolute Gasteiger partial charge is 0.444 e. The Bertz CT molecular complexity index is 691. The van der Waals surface area contributed by atoms with E-state index >= 15 is 0 Å². The fourth-order valence-electron chi connectivity index (χ4n) is 2.85. The highest BCUT2D eigenvalue weighted by Gasteiger charge is 2.33. The van der Waals surface area contributed by atoms with Crippen LogP contribution < -0.4 is 4.74 Å². The quantitative estimate of drug-likeness (QED) is 0.776. The Kier molecular flexibility index (Phi) is 6.76. The number of halogens is 4. The van der Waals surface area contributed by atoms with Gasteiger partial charge in [0.15, 0.2) is 11.6 Å². The molecule has 1 saturated heterocycles. The molecule has 1 aromatic carbocycles. The molecule has 1 fully saturated rings. The van der Waals surface area contributed by atoms with Gasteiger partial charge >= 0.3 is 12.5 Å². The molecule has 0 aliphatic carbocycles. The Labute approximate surface area is 160 Å². The van der Waals surface area contributed by atoms with Crippen LogP contribution in [0.1, 0.15) is 26.3 Å². The summed E-state index contributed by atoms with van der Waals surface area (Å²) in [5.41, 5.74) is -0.211. The minimum absolute atomic E-state index is 0.205. The third-order valence-corrected chi connectivity index (χ3v) is 4.07. The van der Waals surface area contributed by atoms with Gasteiger partial charge in [-0.05, 0) is 38.5 Å². The normalized spacial score (nSPS) is 18.9. The summed E-state index contributed by atoms with van der Waals surface area (Å²) < 4.78 is 59.5. The van der Waals surface area contributed by atoms with Crippen LogP contribution in [-0.2, 0) is 11.3 Å². The number of amides is 1. The molecule has 0 spiro atoms. The summed E-state index contributed by atoms with van der Waals surface area (Å²) in [4.78, 5) is 15.5. The largest absolute Gasteiger partial charge is 0.573 e. The van der Waals surface area contributed by atoms with Crippen LogP contribution in [0.5, 0.6) is 5.75 Å². The van der Waals surface area contributed by atoms with Crippen molar-refractivity contribution in [3.63, 3.8) is 0 Å². The number of nitrogens with zero attached hydrogens (tertiary/aromatic N) is 2. The standard InChI is InChI=1S/C18H24F4N2O4/c1-17(2,3)28-16(26)24-7-6-23(13(10-24)11-25)9-12-4-5-15(14(19)8-12)27-18(20,21)22/h4-5,8,13,25H,6-7,9-11H2,1-3H3. The number of carbonyl (C=O) groups is 1. The fourth-order valence-corrected chi connectivity index (χ4v) is 2.85. The van der Waals surface area contributed by atoms with Gasteiger partial charge in [0.2, 0.25) is 0 Å². The average molecular weight is 408 g/mol. The van der Waals surface area contributed by atoms with Crippen LogP contribution in [0.4, 0.5) is 22.4 Å². The van der Waals surface area contributed by atoms with Gasteiger partial charge in [-0.3, -0.25) is 4.90 Å². The maximum absolute atomic E-state index is 13.9. The lowest BCUT2D eigenvalue weighted by Gasteiger charge is -2.41. The predicted octanol–water partition coefficient (Wildman–Crippen LogP) is 3.14. The van der Waals surface area contributed by atoms with E-state index in [-0.39, 0.29) is 19.7 Å². The van der Waals surface area contributed by atoms with E-state index in [0.29, 0.717) is 18.7 Å². The molecule has 1 amide bonds. The molecule has 1 aromatic rings.